The summed E-state index contributed by atoms with van der Waals surface area (Å²) in [7, 11) is -1.33. The van der Waals surface area contributed by atoms with E-state index in [2.05, 4.69) is 5.32 Å². The van der Waals surface area contributed by atoms with Gasteiger partial charge >= 0.3 is 0 Å². The number of rotatable bonds is 3. The van der Waals surface area contributed by atoms with E-state index in [4.69, 9.17) is 28.9 Å². The second-order valence-corrected chi connectivity index (χ2v) is 8.74. The van der Waals surface area contributed by atoms with Gasteiger partial charge in [0, 0.05) is 21.2 Å². The fraction of sp³-hybridized carbons (Fsp3) is 0.462. The number of nitrogen functional groups attached to an aromatic ring is 1. The van der Waals surface area contributed by atoms with Gasteiger partial charge < -0.3 is 11.1 Å². The molecule has 0 fully saturated rings. The van der Waals surface area contributed by atoms with Crippen molar-refractivity contribution in [2.45, 2.75) is 37.7 Å². The molecule has 0 aliphatic heterocycles. The molecule has 0 saturated carbocycles. The van der Waals surface area contributed by atoms with Crippen LogP contribution in [0.5, 0.6) is 0 Å². The van der Waals surface area contributed by atoms with Crippen LogP contribution in [0.2, 0.25) is 10.0 Å². The fourth-order valence-electron chi connectivity index (χ4n) is 1.56. The van der Waals surface area contributed by atoms with Gasteiger partial charge in [-0.2, -0.15) is 0 Å². The lowest BCUT2D eigenvalue weighted by atomic mass is 10.2. The lowest BCUT2D eigenvalue weighted by Crippen LogP contribution is -2.37. The van der Waals surface area contributed by atoms with Crippen LogP contribution >= 0.6 is 23.2 Å². The number of nitrogens with one attached hydrogen (secondary N) is 1. The summed E-state index contributed by atoms with van der Waals surface area (Å²) < 4.78 is 11.7. The minimum Gasteiger partial charge on any atom is -0.399 e. The van der Waals surface area contributed by atoms with E-state index in [-0.39, 0.29) is 15.7 Å². The molecule has 7 heteroatoms. The third-order valence-corrected chi connectivity index (χ3v) is 5.27. The van der Waals surface area contributed by atoms with Crippen LogP contribution in [-0.2, 0) is 15.6 Å². The number of hydrogen-bond donors (Lipinski definition) is 2. The van der Waals surface area contributed by atoms with Crippen molar-refractivity contribution < 1.29 is 9.00 Å². The maximum absolute atomic E-state index is 12.2. The van der Waals surface area contributed by atoms with Gasteiger partial charge in [0.1, 0.15) is 5.25 Å². The van der Waals surface area contributed by atoms with Crippen LogP contribution in [-0.4, -0.2) is 20.1 Å². The van der Waals surface area contributed by atoms with Crippen LogP contribution in [0, 0.1) is 0 Å². The standard InChI is InChI=1S/C13H18Cl2N2O2S/c1-7(20(19)13(2,3)4)12(18)17-11-9(14)5-8(16)6-10(11)15/h5-7H,16H2,1-4H3,(H,17,18). The lowest BCUT2D eigenvalue weighted by Gasteiger charge is -2.22. The van der Waals surface area contributed by atoms with E-state index in [0.29, 0.717) is 5.69 Å². The highest BCUT2D eigenvalue weighted by Gasteiger charge is 2.30. The van der Waals surface area contributed by atoms with Crippen LogP contribution < -0.4 is 11.1 Å². The van der Waals surface area contributed by atoms with Gasteiger partial charge in [-0.25, -0.2) is 0 Å². The lowest BCUT2D eigenvalue weighted by molar-refractivity contribution is -0.115. The summed E-state index contributed by atoms with van der Waals surface area (Å²) >= 11 is 12.0. The highest BCUT2D eigenvalue weighted by molar-refractivity contribution is 7.87. The Kier molecular flexibility index (Phi) is 5.46. The summed E-state index contributed by atoms with van der Waals surface area (Å²) in [5, 5.41) is 2.42. The number of nitrogens with two attached hydrogens (primary N) is 1. The first kappa shape index (κ1) is 17.3. The van der Waals surface area contributed by atoms with Crippen molar-refractivity contribution in [1.82, 2.24) is 0 Å². The van der Waals surface area contributed by atoms with Crippen molar-refractivity contribution in [3.05, 3.63) is 22.2 Å². The molecule has 3 N–H and O–H groups in total. The molecule has 0 heterocycles. The van der Waals surface area contributed by atoms with Crippen molar-refractivity contribution in [3.63, 3.8) is 0 Å². The average Bonchev–Trinajstić information content (AvgIpc) is 2.30. The molecule has 20 heavy (non-hydrogen) atoms. The molecular formula is C13H18Cl2N2O2S. The van der Waals surface area contributed by atoms with E-state index in [9.17, 15) is 9.00 Å². The number of carbonyl (C=O) groups is 1. The maximum Gasteiger partial charge on any atom is 0.239 e. The Labute approximate surface area is 131 Å². The minimum absolute atomic E-state index is 0.247. The Morgan fingerprint density at radius 3 is 2.15 bits per heavy atom. The molecule has 0 radical (unpaired) electrons. The Morgan fingerprint density at radius 2 is 1.75 bits per heavy atom. The quantitative estimate of drug-likeness (QED) is 0.830. The Bertz CT molecular complexity index is 533. The summed E-state index contributed by atoms with van der Waals surface area (Å²) in [6.45, 7) is 7.05. The number of anilines is 2. The van der Waals surface area contributed by atoms with Crippen LogP contribution in [0.1, 0.15) is 27.7 Å². The zero-order chi connectivity index (χ0) is 15.7. The molecule has 1 aromatic rings. The first-order chi connectivity index (χ1) is 9.04. The van der Waals surface area contributed by atoms with E-state index < -0.39 is 26.7 Å². The van der Waals surface area contributed by atoms with Gasteiger partial charge in [-0.3, -0.25) is 9.00 Å². The molecule has 2 unspecified atom stereocenters. The van der Waals surface area contributed by atoms with Gasteiger partial charge in [0.2, 0.25) is 5.91 Å². The van der Waals surface area contributed by atoms with Crippen LogP contribution in [0.4, 0.5) is 11.4 Å². The molecule has 1 rings (SSSR count). The smallest absolute Gasteiger partial charge is 0.239 e. The summed E-state index contributed by atoms with van der Waals surface area (Å²) in [6.07, 6.45) is 0. The van der Waals surface area contributed by atoms with Crippen LogP contribution in [0.15, 0.2) is 12.1 Å². The predicted octanol–water partition coefficient (Wildman–Crippen LogP) is 3.45. The monoisotopic (exact) mass is 336 g/mol. The van der Waals surface area contributed by atoms with Gasteiger partial charge in [-0.1, -0.05) is 23.2 Å². The first-order valence-corrected chi connectivity index (χ1v) is 7.97. The fourth-order valence-corrected chi connectivity index (χ4v) is 3.48. The van der Waals surface area contributed by atoms with Crippen molar-refractivity contribution >= 4 is 51.3 Å². The predicted molar refractivity (Wildman–Crippen MR) is 86.9 cm³/mol. The highest BCUT2D eigenvalue weighted by atomic mass is 35.5. The van der Waals surface area contributed by atoms with Crippen molar-refractivity contribution in [2.75, 3.05) is 11.1 Å². The zero-order valence-electron chi connectivity index (χ0n) is 11.8. The molecular weight excluding hydrogens is 319 g/mol. The van der Waals surface area contributed by atoms with E-state index in [1.807, 2.05) is 20.8 Å². The van der Waals surface area contributed by atoms with E-state index >= 15 is 0 Å². The first-order valence-electron chi connectivity index (χ1n) is 6.00. The summed E-state index contributed by atoms with van der Waals surface area (Å²) in [5.41, 5.74) is 6.28. The summed E-state index contributed by atoms with van der Waals surface area (Å²) in [6, 6.07) is 2.99. The van der Waals surface area contributed by atoms with Crippen molar-refractivity contribution in [1.29, 1.82) is 0 Å². The largest absolute Gasteiger partial charge is 0.399 e. The van der Waals surface area contributed by atoms with E-state index in [0.717, 1.165) is 0 Å². The van der Waals surface area contributed by atoms with Crippen molar-refractivity contribution in [3.8, 4) is 0 Å². The molecule has 0 saturated heterocycles. The summed E-state index contributed by atoms with van der Waals surface area (Å²) in [4.78, 5) is 12.1. The third-order valence-electron chi connectivity index (χ3n) is 2.61. The minimum atomic E-state index is -1.33. The molecule has 2 atom stereocenters. The number of amides is 1. The molecule has 0 bridgehead atoms. The average molecular weight is 337 g/mol. The Morgan fingerprint density at radius 1 is 1.30 bits per heavy atom. The second-order valence-electron chi connectivity index (χ2n) is 5.40. The second kappa shape index (κ2) is 6.33. The SMILES string of the molecule is CC(C(=O)Nc1c(Cl)cc(N)cc1Cl)S(=O)C(C)(C)C. The maximum atomic E-state index is 12.2. The number of benzene rings is 1. The normalized spacial score (nSPS) is 14.7. The van der Waals surface area contributed by atoms with E-state index in [1.54, 1.807) is 6.92 Å². The number of halogens is 2. The highest BCUT2D eigenvalue weighted by Crippen LogP contribution is 2.33. The zero-order valence-corrected chi connectivity index (χ0v) is 14.1. The van der Waals surface area contributed by atoms with Gasteiger partial charge in [0.15, 0.2) is 0 Å². The Balaban J connectivity index is 2.95. The van der Waals surface area contributed by atoms with Crippen LogP contribution in [0.3, 0.4) is 0 Å². The van der Waals surface area contributed by atoms with Gasteiger partial charge in [0.05, 0.1) is 15.7 Å². The third kappa shape index (κ3) is 4.11. The molecule has 112 valence electrons. The molecule has 1 aromatic carbocycles. The number of carbonyl (C=O) groups excluding carboxylic acids is 1. The molecule has 0 aliphatic carbocycles. The topological polar surface area (TPSA) is 72.2 Å². The van der Waals surface area contributed by atoms with Gasteiger partial charge in [0.25, 0.3) is 0 Å². The molecule has 0 spiro atoms. The number of hydrogen-bond acceptors (Lipinski definition) is 3. The van der Waals surface area contributed by atoms with Crippen molar-refractivity contribution in [2.24, 2.45) is 0 Å². The van der Waals surface area contributed by atoms with E-state index in [1.165, 1.54) is 12.1 Å². The molecule has 0 aromatic heterocycles. The van der Waals surface area contributed by atoms with Crippen LogP contribution in [0.25, 0.3) is 0 Å². The molecule has 0 aliphatic rings. The summed E-state index contributed by atoms with van der Waals surface area (Å²) in [5.74, 6) is -0.396. The molecule has 4 nitrogen and oxygen atoms in total. The van der Waals surface area contributed by atoms with Gasteiger partial charge in [-0.15, -0.1) is 0 Å². The van der Waals surface area contributed by atoms with Gasteiger partial charge in [-0.05, 0) is 39.8 Å². The molecule has 1 amide bonds. The Hall–Kier alpha value is -0.780.